The van der Waals surface area contributed by atoms with Gasteiger partial charge in [-0.3, -0.25) is 19.4 Å². The number of nitrogens with zero attached hydrogens (tertiary/aromatic N) is 6. The number of halogens is 2. The number of benzene rings is 1. The van der Waals surface area contributed by atoms with E-state index in [1.54, 1.807) is 18.2 Å². The van der Waals surface area contributed by atoms with E-state index in [2.05, 4.69) is 21.4 Å². The second kappa shape index (κ2) is 12.0. The average Bonchev–Trinajstić information content (AvgIpc) is 2.43. The molecule has 0 saturated heterocycles. The van der Waals surface area contributed by atoms with Gasteiger partial charge in [0.25, 0.3) is 0 Å². The van der Waals surface area contributed by atoms with Crippen molar-refractivity contribution in [2.45, 2.75) is 0 Å². The Bertz CT molecular complexity index is 745. The largest absolute Gasteiger partial charge is 0.373 e. The van der Waals surface area contributed by atoms with Crippen LogP contribution in [0.1, 0.15) is 15.9 Å². The third-order valence-corrected chi connectivity index (χ3v) is 1.84. The fourth-order valence-corrected chi connectivity index (χ4v) is 1.22. The molecule has 0 aromatic heterocycles. The van der Waals surface area contributed by atoms with Crippen LogP contribution in [0, 0.1) is 0 Å². The highest BCUT2D eigenvalue weighted by atomic mass is 36.0. The standard InChI is InChI=1S/C10H6O2.Cl2O2S.2N3/c11-9-6-5-7-3-1-2-4-8(7)10(9)12;1-5(2,3)4;2*1-3-2/h1-6H;;;/q;;2*-1. The first-order chi connectivity index (χ1) is 10.6. The predicted molar refractivity (Wildman–Crippen MR) is 85.6 cm³/mol. The van der Waals surface area contributed by atoms with Crippen LogP contribution in [-0.4, -0.2) is 20.0 Å². The molecule has 10 nitrogen and oxygen atoms in total. The molecule has 13 heteroatoms. The number of carbonyl (C=O) groups is 2. The average molecular weight is 377 g/mol. The van der Waals surface area contributed by atoms with Crippen molar-refractivity contribution in [2.24, 2.45) is 0 Å². The quantitative estimate of drug-likeness (QED) is 0.218. The van der Waals surface area contributed by atoms with Gasteiger partial charge in [-0.25, -0.2) is 0 Å². The summed E-state index contributed by atoms with van der Waals surface area (Å²) >= 11 is 0. The highest BCUT2D eigenvalue weighted by molar-refractivity contribution is 8.31. The lowest BCUT2D eigenvalue weighted by Crippen LogP contribution is -2.15. The Morgan fingerprint density at radius 1 is 0.870 bits per heavy atom. The second-order valence-corrected chi connectivity index (χ2v) is 6.84. The van der Waals surface area contributed by atoms with Gasteiger partial charge < -0.3 is 22.1 Å². The molecule has 0 N–H and O–H groups in total. The molecule has 0 fully saturated rings. The van der Waals surface area contributed by atoms with E-state index in [4.69, 9.17) is 30.5 Å². The van der Waals surface area contributed by atoms with Crippen molar-refractivity contribution in [3.63, 3.8) is 0 Å². The maximum atomic E-state index is 11.2. The number of hydrogen-bond donors (Lipinski definition) is 0. The molecule has 0 radical (unpaired) electrons. The van der Waals surface area contributed by atoms with Gasteiger partial charge in [-0.2, -0.15) is 8.42 Å². The summed E-state index contributed by atoms with van der Waals surface area (Å²) in [5.41, 5.74) is 28.3. The van der Waals surface area contributed by atoms with E-state index >= 15 is 0 Å². The zero-order chi connectivity index (χ0) is 18.5. The third-order valence-electron chi connectivity index (χ3n) is 1.84. The first-order valence-corrected chi connectivity index (χ1v) is 8.22. The Morgan fingerprint density at radius 2 is 1.26 bits per heavy atom. The molecular formula is C10H6Cl2N6O4S-2. The molecule has 122 valence electrons. The monoisotopic (exact) mass is 376 g/mol. The fraction of sp³-hybridized carbons (Fsp3) is 0. The number of fused-ring (bicyclic) bond motifs is 1. The molecule has 0 aliphatic heterocycles. The van der Waals surface area contributed by atoms with Gasteiger partial charge in [-0.05, 0) is 11.6 Å². The summed E-state index contributed by atoms with van der Waals surface area (Å²) in [5.74, 6) is -0.846. The minimum Gasteiger partial charge on any atom is -0.373 e. The first-order valence-electron chi connectivity index (χ1n) is 5.09. The van der Waals surface area contributed by atoms with Crippen molar-refractivity contribution >= 4 is 47.3 Å². The maximum Gasteiger partial charge on any atom is 0.317 e. The molecule has 0 spiro atoms. The van der Waals surface area contributed by atoms with Gasteiger partial charge in [0.05, 0.1) is 0 Å². The minimum absolute atomic E-state index is 0.409. The predicted octanol–water partition coefficient (Wildman–Crippen LogP) is 3.91. The zero-order valence-electron chi connectivity index (χ0n) is 10.9. The SMILES string of the molecule is O=C1C=Cc2ccccc2C1=O.O=S(=O)(Cl)Cl.[N-]=[N+]=[N-].[N-]=[N+]=[N-]. The molecule has 1 aliphatic rings. The Balaban J connectivity index is 0. The second-order valence-electron chi connectivity index (χ2n) is 3.17. The lowest BCUT2D eigenvalue weighted by Gasteiger charge is -2.06. The normalized spacial score (nSPS) is 10.9. The van der Waals surface area contributed by atoms with Crippen LogP contribution in [0.4, 0.5) is 0 Å². The molecule has 2 rings (SSSR count). The summed E-state index contributed by atoms with van der Waals surface area (Å²) < 4.78 is 18.3. The lowest BCUT2D eigenvalue weighted by molar-refractivity contribution is -0.110. The Kier molecular flexibility index (Phi) is 11.9. The number of carbonyl (C=O) groups excluding carboxylic acids is 2. The summed E-state index contributed by atoms with van der Waals surface area (Å²) in [7, 11) is 4.81. The van der Waals surface area contributed by atoms with Crippen molar-refractivity contribution in [1.29, 1.82) is 0 Å². The number of ketones is 2. The summed E-state index contributed by atoms with van der Waals surface area (Å²) in [6, 6.07) is 7.07. The molecule has 23 heavy (non-hydrogen) atoms. The van der Waals surface area contributed by atoms with Crippen molar-refractivity contribution in [1.82, 2.24) is 0 Å². The smallest absolute Gasteiger partial charge is 0.317 e. The number of allylic oxidation sites excluding steroid dienone is 1. The Labute approximate surface area is 139 Å². The highest BCUT2D eigenvalue weighted by Crippen LogP contribution is 2.16. The lowest BCUT2D eigenvalue weighted by atomic mass is 9.96. The van der Waals surface area contributed by atoms with E-state index in [1.807, 2.05) is 12.1 Å². The zero-order valence-corrected chi connectivity index (χ0v) is 13.3. The first kappa shape index (κ1) is 22.7. The molecule has 0 saturated carbocycles. The van der Waals surface area contributed by atoms with E-state index in [1.165, 1.54) is 15.9 Å². The van der Waals surface area contributed by atoms with E-state index in [0.29, 0.717) is 5.56 Å². The molecule has 1 aromatic rings. The molecular weight excluding hydrogens is 371 g/mol. The van der Waals surface area contributed by atoms with E-state index in [-0.39, 0.29) is 0 Å². The topological polar surface area (TPSA) is 186 Å². The fourth-order valence-electron chi connectivity index (χ4n) is 1.22. The summed E-state index contributed by atoms with van der Waals surface area (Å²) in [4.78, 5) is 25.1. The molecule has 0 heterocycles. The number of hydrogen-bond acceptors (Lipinski definition) is 4. The van der Waals surface area contributed by atoms with E-state index in [0.717, 1.165) is 5.56 Å². The summed E-state index contributed by atoms with van der Waals surface area (Å²) in [6.07, 6.45) is 2.98. The van der Waals surface area contributed by atoms with Crippen LogP contribution in [0.5, 0.6) is 0 Å². The van der Waals surface area contributed by atoms with E-state index < -0.39 is 19.8 Å². The molecule has 0 bridgehead atoms. The van der Waals surface area contributed by atoms with E-state index in [9.17, 15) is 9.59 Å². The van der Waals surface area contributed by atoms with Gasteiger partial charge in [0.1, 0.15) is 0 Å². The van der Waals surface area contributed by atoms with Crippen LogP contribution in [0.3, 0.4) is 0 Å². The van der Waals surface area contributed by atoms with Crippen molar-refractivity contribution in [3.8, 4) is 0 Å². The van der Waals surface area contributed by atoms with Crippen LogP contribution in [-0.2, 0) is 13.1 Å². The maximum absolute atomic E-state index is 11.2. The number of Topliss-reactive ketones (excluding diaryl/α,β-unsaturated/α-hetero) is 1. The van der Waals surface area contributed by atoms with Crippen molar-refractivity contribution in [3.05, 3.63) is 73.4 Å². The van der Waals surface area contributed by atoms with Crippen LogP contribution in [0.25, 0.3) is 38.0 Å². The van der Waals surface area contributed by atoms with Gasteiger partial charge in [-0.15, -0.1) is 0 Å². The molecule has 0 amide bonds. The summed E-state index contributed by atoms with van der Waals surface area (Å²) in [5, 5.41) is 0. The van der Waals surface area contributed by atoms with Crippen LogP contribution in [0.2, 0.25) is 0 Å². The third kappa shape index (κ3) is 12.9. The van der Waals surface area contributed by atoms with Gasteiger partial charge in [0.2, 0.25) is 11.6 Å². The van der Waals surface area contributed by atoms with Gasteiger partial charge in [-0.1, -0.05) is 30.3 Å². The summed E-state index contributed by atoms with van der Waals surface area (Å²) in [6.45, 7) is 0. The molecule has 1 aromatic carbocycles. The Morgan fingerprint density at radius 3 is 1.70 bits per heavy atom. The van der Waals surface area contributed by atoms with Gasteiger partial charge >= 0.3 is 8.26 Å². The number of rotatable bonds is 0. The van der Waals surface area contributed by atoms with Gasteiger partial charge in [0.15, 0.2) is 0 Å². The molecule has 1 aliphatic carbocycles. The van der Waals surface area contributed by atoms with Crippen LogP contribution >= 0.6 is 21.4 Å². The van der Waals surface area contributed by atoms with Crippen LogP contribution in [0.15, 0.2) is 30.3 Å². The Hall–Kier alpha value is -2.55. The molecule has 0 unspecified atom stereocenters. The van der Waals surface area contributed by atoms with Crippen molar-refractivity contribution in [2.75, 3.05) is 0 Å². The van der Waals surface area contributed by atoms with Crippen LogP contribution < -0.4 is 0 Å². The minimum atomic E-state index is -3.72. The molecule has 0 atom stereocenters. The van der Waals surface area contributed by atoms with Gasteiger partial charge in [0, 0.05) is 26.9 Å². The van der Waals surface area contributed by atoms with Crippen molar-refractivity contribution < 1.29 is 18.0 Å². The highest BCUT2D eigenvalue weighted by Gasteiger charge is 2.19.